The molecule has 0 aliphatic rings. The molecule has 2 amide bonds. The molecule has 0 heterocycles. The Kier molecular flexibility index (Phi) is 7.39. The number of amides is 2. The van der Waals surface area contributed by atoms with Crippen molar-refractivity contribution in [3.05, 3.63) is 27.1 Å². The molecule has 0 radical (unpaired) electrons. The number of benzene rings is 1. The molecule has 0 aliphatic heterocycles. The summed E-state index contributed by atoms with van der Waals surface area (Å²) in [5.41, 5.74) is 0.569. The van der Waals surface area contributed by atoms with Gasteiger partial charge in [-0.1, -0.05) is 15.9 Å². The average Bonchev–Trinajstić information content (AvgIpc) is 2.37. The number of hydrogen-bond acceptors (Lipinski definition) is 3. The van der Waals surface area contributed by atoms with Crippen molar-refractivity contribution in [3.8, 4) is 0 Å². The summed E-state index contributed by atoms with van der Waals surface area (Å²) in [5, 5.41) is 14.1. The molecule has 1 rings (SSSR count). The van der Waals surface area contributed by atoms with E-state index in [1.807, 2.05) is 6.26 Å². The number of carbonyl (C=O) groups is 2. The normalized spacial score (nSPS) is 11.8. The first-order valence-corrected chi connectivity index (χ1v) is 8.66. The predicted octanol–water partition coefficient (Wildman–Crippen LogP) is 3.54. The maximum atomic E-state index is 11.8. The van der Waals surface area contributed by atoms with E-state index < -0.39 is 18.0 Å². The Hall–Kier alpha value is -0.730. The maximum absolute atomic E-state index is 11.8. The molecule has 1 aromatic carbocycles. The molecule has 0 bridgehead atoms. The molecule has 5 nitrogen and oxygen atoms in total. The van der Waals surface area contributed by atoms with Gasteiger partial charge in [-0.15, -0.1) is 0 Å². The smallest absolute Gasteiger partial charge is 0.326 e. The van der Waals surface area contributed by atoms with E-state index in [4.69, 9.17) is 5.11 Å². The maximum Gasteiger partial charge on any atom is 0.326 e. The lowest BCUT2D eigenvalue weighted by molar-refractivity contribution is -0.139. The van der Waals surface area contributed by atoms with Crippen LogP contribution >= 0.6 is 43.6 Å². The molecule has 0 saturated heterocycles. The molecule has 20 heavy (non-hydrogen) atoms. The molecule has 0 saturated carbocycles. The zero-order chi connectivity index (χ0) is 15.1. The molecule has 110 valence electrons. The van der Waals surface area contributed by atoms with Crippen molar-refractivity contribution < 1.29 is 14.7 Å². The third-order valence-electron chi connectivity index (χ3n) is 2.39. The summed E-state index contributed by atoms with van der Waals surface area (Å²) >= 11 is 8.17. The number of carboxylic acid groups (broad SMARTS) is 1. The Morgan fingerprint density at radius 2 is 2.10 bits per heavy atom. The van der Waals surface area contributed by atoms with Crippen molar-refractivity contribution in [1.29, 1.82) is 0 Å². The number of hydrogen-bond donors (Lipinski definition) is 3. The number of carboxylic acids is 1. The number of urea groups is 1. The summed E-state index contributed by atoms with van der Waals surface area (Å²) < 4.78 is 1.58. The van der Waals surface area contributed by atoms with Crippen molar-refractivity contribution >= 4 is 61.3 Å². The molecule has 0 fully saturated rings. The van der Waals surface area contributed by atoms with E-state index in [2.05, 4.69) is 42.5 Å². The fourth-order valence-corrected chi connectivity index (χ4v) is 3.02. The Morgan fingerprint density at radius 3 is 2.65 bits per heavy atom. The lowest BCUT2D eigenvalue weighted by atomic mass is 10.2. The van der Waals surface area contributed by atoms with Gasteiger partial charge in [-0.05, 0) is 52.6 Å². The van der Waals surface area contributed by atoms with E-state index in [1.165, 1.54) is 11.8 Å². The second-order valence-corrected chi connectivity index (χ2v) is 6.65. The fraction of sp³-hybridized carbons (Fsp3) is 0.333. The van der Waals surface area contributed by atoms with Gasteiger partial charge >= 0.3 is 12.0 Å². The van der Waals surface area contributed by atoms with Gasteiger partial charge in [0.15, 0.2) is 0 Å². The lowest BCUT2D eigenvalue weighted by Crippen LogP contribution is -2.43. The minimum Gasteiger partial charge on any atom is -0.480 e. The van der Waals surface area contributed by atoms with E-state index >= 15 is 0 Å². The van der Waals surface area contributed by atoms with Gasteiger partial charge in [-0.3, -0.25) is 0 Å². The number of thioether (sulfide) groups is 1. The second-order valence-electron chi connectivity index (χ2n) is 3.89. The van der Waals surface area contributed by atoms with Gasteiger partial charge in [-0.25, -0.2) is 9.59 Å². The van der Waals surface area contributed by atoms with Crippen molar-refractivity contribution in [3.63, 3.8) is 0 Å². The van der Waals surface area contributed by atoms with Crippen molar-refractivity contribution in [1.82, 2.24) is 5.32 Å². The number of rotatable bonds is 6. The summed E-state index contributed by atoms with van der Waals surface area (Å²) in [6, 6.07) is 3.85. The Balaban J connectivity index is 2.63. The molecule has 1 aromatic rings. The molecular weight excluding hydrogens is 412 g/mol. The van der Waals surface area contributed by atoms with Gasteiger partial charge in [0.05, 0.1) is 5.69 Å². The number of carbonyl (C=O) groups excluding carboxylic acids is 1. The molecule has 0 aliphatic carbocycles. The van der Waals surface area contributed by atoms with Gasteiger partial charge in [0.1, 0.15) is 6.04 Å². The van der Waals surface area contributed by atoms with E-state index in [9.17, 15) is 9.59 Å². The van der Waals surface area contributed by atoms with Crippen LogP contribution in [0.4, 0.5) is 10.5 Å². The first-order valence-electron chi connectivity index (χ1n) is 5.68. The van der Waals surface area contributed by atoms with Crippen LogP contribution in [0.3, 0.4) is 0 Å². The van der Waals surface area contributed by atoms with Crippen LogP contribution in [-0.4, -0.2) is 35.2 Å². The van der Waals surface area contributed by atoms with Crippen LogP contribution < -0.4 is 10.6 Å². The van der Waals surface area contributed by atoms with Crippen molar-refractivity contribution in [2.75, 3.05) is 17.3 Å². The van der Waals surface area contributed by atoms with E-state index in [0.717, 1.165) is 4.47 Å². The molecule has 1 atom stereocenters. The second kappa shape index (κ2) is 8.53. The monoisotopic (exact) mass is 424 g/mol. The molecular formula is C12H14Br2N2O3S. The number of aliphatic carboxylic acids is 1. The summed E-state index contributed by atoms with van der Waals surface area (Å²) in [5.74, 6) is -0.372. The summed E-state index contributed by atoms with van der Waals surface area (Å²) in [7, 11) is 0. The van der Waals surface area contributed by atoms with Crippen LogP contribution in [0, 0.1) is 0 Å². The minimum absolute atomic E-state index is 0.380. The highest BCUT2D eigenvalue weighted by Crippen LogP contribution is 2.26. The predicted molar refractivity (Wildman–Crippen MR) is 88.4 cm³/mol. The zero-order valence-corrected chi connectivity index (χ0v) is 14.6. The van der Waals surface area contributed by atoms with E-state index in [-0.39, 0.29) is 0 Å². The van der Waals surface area contributed by atoms with Crippen LogP contribution in [0.1, 0.15) is 6.42 Å². The van der Waals surface area contributed by atoms with Crippen molar-refractivity contribution in [2.24, 2.45) is 0 Å². The molecule has 0 spiro atoms. The SMILES string of the molecule is CSCCC(NC(=O)Nc1ccc(Br)cc1Br)C(=O)O. The number of halogens is 2. The largest absolute Gasteiger partial charge is 0.480 e. The molecule has 8 heteroatoms. The van der Waals surface area contributed by atoms with Crippen LogP contribution in [0.5, 0.6) is 0 Å². The minimum atomic E-state index is -1.04. The molecule has 1 unspecified atom stereocenters. The zero-order valence-electron chi connectivity index (χ0n) is 10.7. The van der Waals surface area contributed by atoms with Crippen molar-refractivity contribution in [2.45, 2.75) is 12.5 Å². The van der Waals surface area contributed by atoms with Gasteiger partial charge in [0.25, 0.3) is 0 Å². The molecule has 3 N–H and O–H groups in total. The average molecular weight is 426 g/mol. The summed E-state index contributed by atoms with van der Waals surface area (Å²) in [4.78, 5) is 22.8. The van der Waals surface area contributed by atoms with Gasteiger partial charge in [0, 0.05) is 8.95 Å². The Labute approximate surface area is 138 Å². The summed E-state index contributed by atoms with van der Waals surface area (Å²) in [6.45, 7) is 0. The Morgan fingerprint density at radius 1 is 1.40 bits per heavy atom. The van der Waals surface area contributed by atoms with Gasteiger partial charge < -0.3 is 15.7 Å². The van der Waals surface area contributed by atoms with Crippen LogP contribution in [0.25, 0.3) is 0 Å². The standard InChI is InChI=1S/C12H14Br2N2O3S/c1-20-5-4-10(11(17)18)16-12(19)15-9-3-2-7(13)6-8(9)14/h2-3,6,10H,4-5H2,1H3,(H,17,18)(H2,15,16,19). The highest BCUT2D eigenvalue weighted by molar-refractivity contribution is 9.11. The van der Waals surface area contributed by atoms with E-state index in [0.29, 0.717) is 22.3 Å². The first-order chi connectivity index (χ1) is 9.43. The van der Waals surface area contributed by atoms with Crippen LogP contribution in [-0.2, 0) is 4.79 Å². The van der Waals surface area contributed by atoms with E-state index in [1.54, 1.807) is 18.2 Å². The highest BCUT2D eigenvalue weighted by Gasteiger charge is 2.19. The van der Waals surface area contributed by atoms with Gasteiger partial charge in [-0.2, -0.15) is 11.8 Å². The number of nitrogens with one attached hydrogen (secondary N) is 2. The lowest BCUT2D eigenvalue weighted by Gasteiger charge is -2.15. The molecule has 0 aromatic heterocycles. The first kappa shape index (κ1) is 17.3. The topological polar surface area (TPSA) is 78.4 Å². The van der Waals surface area contributed by atoms with Crippen LogP contribution in [0.2, 0.25) is 0 Å². The summed E-state index contributed by atoms with van der Waals surface area (Å²) in [6.07, 6.45) is 2.27. The third kappa shape index (κ3) is 5.72. The highest BCUT2D eigenvalue weighted by atomic mass is 79.9. The Bertz CT molecular complexity index is 500. The third-order valence-corrected chi connectivity index (χ3v) is 4.19. The quantitative estimate of drug-likeness (QED) is 0.651. The van der Waals surface area contributed by atoms with Crippen LogP contribution in [0.15, 0.2) is 27.1 Å². The number of anilines is 1. The fourth-order valence-electron chi connectivity index (χ4n) is 1.40. The van der Waals surface area contributed by atoms with Gasteiger partial charge in [0.2, 0.25) is 0 Å².